The van der Waals surface area contributed by atoms with Crippen molar-refractivity contribution in [3.63, 3.8) is 0 Å². The van der Waals surface area contributed by atoms with Crippen molar-refractivity contribution in [2.24, 2.45) is 0 Å². The molecular formula is C9H14N2O. The van der Waals surface area contributed by atoms with Crippen molar-refractivity contribution in [2.75, 3.05) is 0 Å². The number of hydrogen-bond acceptors (Lipinski definition) is 2. The van der Waals surface area contributed by atoms with Crippen molar-refractivity contribution in [3.8, 4) is 0 Å². The molecule has 3 heteroatoms. The van der Waals surface area contributed by atoms with Crippen molar-refractivity contribution in [2.45, 2.75) is 20.8 Å². The summed E-state index contributed by atoms with van der Waals surface area (Å²) in [6.07, 6.45) is 6.46. The minimum atomic E-state index is 0.0244. The lowest BCUT2D eigenvalue weighted by Gasteiger charge is -1.79. The second-order valence-corrected chi connectivity index (χ2v) is 1.92. The Bertz CT molecular complexity index is 237. The number of allylic oxidation sites excluding steroid dienone is 1. The standard InChI is InChI=1S/C7H8N2O.C2H6/c1-6(10)2-3-7-8-4-5-9-7;1-2/h2-5H,1H3,(H,8,9);1-2H3/b3-2+;. The first kappa shape index (κ1) is 10.6. The first-order chi connectivity index (χ1) is 5.79. The molecule has 0 amide bonds. The summed E-state index contributed by atoms with van der Waals surface area (Å²) in [5.41, 5.74) is 0. The summed E-state index contributed by atoms with van der Waals surface area (Å²) >= 11 is 0. The fraction of sp³-hybridized carbons (Fsp3) is 0.333. The minimum Gasteiger partial charge on any atom is -0.345 e. The van der Waals surface area contributed by atoms with Crippen molar-refractivity contribution < 1.29 is 4.79 Å². The van der Waals surface area contributed by atoms with Gasteiger partial charge in [-0.25, -0.2) is 4.98 Å². The van der Waals surface area contributed by atoms with Gasteiger partial charge in [0, 0.05) is 12.4 Å². The molecule has 0 aromatic carbocycles. The van der Waals surface area contributed by atoms with Crippen LogP contribution in [-0.2, 0) is 4.79 Å². The number of imidazole rings is 1. The maximum absolute atomic E-state index is 10.4. The Morgan fingerprint density at radius 1 is 1.58 bits per heavy atom. The summed E-state index contributed by atoms with van der Waals surface area (Å²) in [7, 11) is 0. The van der Waals surface area contributed by atoms with E-state index in [0.717, 1.165) is 0 Å². The molecule has 0 spiro atoms. The van der Waals surface area contributed by atoms with E-state index in [1.807, 2.05) is 13.8 Å². The topological polar surface area (TPSA) is 45.8 Å². The Balaban J connectivity index is 0.000000561. The number of aromatic amines is 1. The second kappa shape index (κ2) is 6.34. The summed E-state index contributed by atoms with van der Waals surface area (Å²) in [6, 6.07) is 0. The van der Waals surface area contributed by atoms with Crippen LogP contribution in [0.15, 0.2) is 18.5 Å². The number of hydrogen-bond donors (Lipinski definition) is 1. The van der Waals surface area contributed by atoms with Gasteiger partial charge in [0.15, 0.2) is 5.78 Å². The smallest absolute Gasteiger partial charge is 0.152 e. The number of nitrogens with zero attached hydrogens (tertiary/aromatic N) is 1. The van der Waals surface area contributed by atoms with Gasteiger partial charge in [-0.1, -0.05) is 13.8 Å². The zero-order chi connectivity index (χ0) is 9.40. The maximum Gasteiger partial charge on any atom is 0.152 e. The highest BCUT2D eigenvalue weighted by Crippen LogP contribution is 1.90. The number of nitrogens with one attached hydrogen (secondary N) is 1. The first-order valence-electron chi connectivity index (χ1n) is 3.97. The van der Waals surface area contributed by atoms with Crippen molar-refractivity contribution >= 4 is 11.9 Å². The molecule has 0 aliphatic rings. The summed E-state index contributed by atoms with van der Waals surface area (Å²) in [6.45, 7) is 5.50. The lowest BCUT2D eigenvalue weighted by Crippen LogP contribution is -1.80. The predicted molar refractivity (Wildman–Crippen MR) is 49.7 cm³/mol. The fourth-order valence-electron chi connectivity index (χ4n) is 0.565. The van der Waals surface area contributed by atoms with Crippen LogP contribution in [0.5, 0.6) is 0 Å². The molecule has 0 unspecified atom stereocenters. The Hall–Kier alpha value is -1.38. The normalized spacial score (nSPS) is 9.25. The van der Waals surface area contributed by atoms with Crippen LogP contribution in [0.1, 0.15) is 26.6 Å². The molecule has 3 nitrogen and oxygen atoms in total. The van der Waals surface area contributed by atoms with Crippen LogP contribution in [0.3, 0.4) is 0 Å². The molecule has 0 radical (unpaired) electrons. The number of rotatable bonds is 2. The third-order valence-corrected chi connectivity index (χ3v) is 0.995. The highest BCUT2D eigenvalue weighted by atomic mass is 16.1. The van der Waals surface area contributed by atoms with E-state index in [9.17, 15) is 4.79 Å². The average molecular weight is 166 g/mol. The average Bonchev–Trinajstić information content (AvgIpc) is 2.56. The van der Waals surface area contributed by atoms with Gasteiger partial charge in [-0.3, -0.25) is 4.79 Å². The third-order valence-electron chi connectivity index (χ3n) is 0.995. The van der Waals surface area contributed by atoms with Gasteiger partial charge < -0.3 is 4.98 Å². The predicted octanol–water partition coefficient (Wildman–Crippen LogP) is 2.04. The molecule has 1 heterocycles. The van der Waals surface area contributed by atoms with E-state index in [0.29, 0.717) is 5.82 Å². The maximum atomic E-state index is 10.4. The van der Waals surface area contributed by atoms with Crippen LogP contribution in [0, 0.1) is 0 Å². The van der Waals surface area contributed by atoms with Gasteiger partial charge in [-0.05, 0) is 19.1 Å². The van der Waals surface area contributed by atoms with E-state index in [2.05, 4.69) is 9.97 Å². The lowest BCUT2D eigenvalue weighted by atomic mass is 10.4. The number of carbonyl (C=O) groups excluding carboxylic acids is 1. The van der Waals surface area contributed by atoms with Gasteiger partial charge in [-0.2, -0.15) is 0 Å². The van der Waals surface area contributed by atoms with Crippen LogP contribution < -0.4 is 0 Å². The van der Waals surface area contributed by atoms with E-state index in [4.69, 9.17) is 0 Å². The van der Waals surface area contributed by atoms with E-state index in [1.165, 1.54) is 13.0 Å². The zero-order valence-electron chi connectivity index (χ0n) is 7.66. The molecular weight excluding hydrogens is 152 g/mol. The number of ketones is 1. The van der Waals surface area contributed by atoms with E-state index in [1.54, 1.807) is 18.5 Å². The minimum absolute atomic E-state index is 0.0244. The number of carbonyl (C=O) groups is 1. The highest BCUT2D eigenvalue weighted by Gasteiger charge is 1.86. The summed E-state index contributed by atoms with van der Waals surface area (Å²) < 4.78 is 0. The Morgan fingerprint density at radius 3 is 2.67 bits per heavy atom. The SMILES string of the molecule is CC.CC(=O)/C=C/c1ncc[nH]1. The number of H-pyrrole nitrogens is 1. The Labute approximate surface area is 72.5 Å². The monoisotopic (exact) mass is 166 g/mol. The van der Waals surface area contributed by atoms with Crippen molar-refractivity contribution in [1.82, 2.24) is 9.97 Å². The van der Waals surface area contributed by atoms with Crippen LogP contribution in [0.2, 0.25) is 0 Å². The van der Waals surface area contributed by atoms with Gasteiger partial charge in [0.05, 0.1) is 0 Å². The fourth-order valence-corrected chi connectivity index (χ4v) is 0.565. The molecule has 0 aliphatic heterocycles. The molecule has 0 fully saturated rings. The van der Waals surface area contributed by atoms with Gasteiger partial charge in [-0.15, -0.1) is 0 Å². The zero-order valence-corrected chi connectivity index (χ0v) is 7.66. The molecule has 66 valence electrons. The molecule has 0 atom stereocenters. The lowest BCUT2D eigenvalue weighted by molar-refractivity contribution is -0.112. The molecule has 0 bridgehead atoms. The third kappa shape index (κ3) is 4.44. The van der Waals surface area contributed by atoms with Crippen LogP contribution in [0.25, 0.3) is 6.08 Å². The largest absolute Gasteiger partial charge is 0.345 e. The van der Waals surface area contributed by atoms with E-state index < -0.39 is 0 Å². The summed E-state index contributed by atoms with van der Waals surface area (Å²) in [4.78, 5) is 17.1. The molecule has 1 rings (SSSR count). The summed E-state index contributed by atoms with van der Waals surface area (Å²) in [5, 5.41) is 0. The molecule has 1 N–H and O–H groups in total. The number of aromatic nitrogens is 2. The van der Waals surface area contributed by atoms with Gasteiger partial charge >= 0.3 is 0 Å². The Morgan fingerprint density at radius 2 is 2.25 bits per heavy atom. The molecule has 1 aromatic heterocycles. The highest BCUT2D eigenvalue weighted by molar-refractivity contribution is 5.90. The summed E-state index contributed by atoms with van der Waals surface area (Å²) in [5.74, 6) is 0.728. The van der Waals surface area contributed by atoms with Crippen LogP contribution in [-0.4, -0.2) is 15.8 Å². The second-order valence-electron chi connectivity index (χ2n) is 1.92. The molecule has 0 saturated heterocycles. The van der Waals surface area contributed by atoms with Crippen LogP contribution in [0.4, 0.5) is 0 Å². The molecule has 12 heavy (non-hydrogen) atoms. The van der Waals surface area contributed by atoms with Crippen LogP contribution >= 0.6 is 0 Å². The van der Waals surface area contributed by atoms with Gasteiger partial charge in [0.1, 0.15) is 5.82 Å². The molecule has 0 saturated carbocycles. The van der Waals surface area contributed by atoms with Gasteiger partial charge in [0.2, 0.25) is 0 Å². The van der Waals surface area contributed by atoms with Crippen molar-refractivity contribution in [3.05, 3.63) is 24.3 Å². The molecule has 1 aromatic rings. The Kier molecular flexibility index (Phi) is 5.61. The van der Waals surface area contributed by atoms with E-state index >= 15 is 0 Å². The first-order valence-corrected chi connectivity index (χ1v) is 3.97. The quantitative estimate of drug-likeness (QED) is 0.683. The molecule has 0 aliphatic carbocycles. The van der Waals surface area contributed by atoms with Gasteiger partial charge in [0.25, 0.3) is 0 Å². The van der Waals surface area contributed by atoms with E-state index in [-0.39, 0.29) is 5.78 Å². The van der Waals surface area contributed by atoms with Crippen molar-refractivity contribution in [1.29, 1.82) is 0 Å².